The van der Waals surface area contributed by atoms with Gasteiger partial charge in [-0.3, -0.25) is 4.79 Å². The van der Waals surface area contributed by atoms with Gasteiger partial charge in [-0.05, 0) is 36.4 Å². The van der Waals surface area contributed by atoms with Crippen molar-refractivity contribution in [1.82, 2.24) is 5.32 Å². The van der Waals surface area contributed by atoms with Crippen LogP contribution in [0.5, 0.6) is 0 Å². The summed E-state index contributed by atoms with van der Waals surface area (Å²) in [5, 5.41) is 13.3. The molecule has 9 heteroatoms. The van der Waals surface area contributed by atoms with Crippen LogP contribution < -0.4 is 10.6 Å². The second-order valence-electron chi connectivity index (χ2n) is 4.90. The van der Waals surface area contributed by atoms with E-state index >= 15 is 0 Å². The summed E-state index contributed by atoms with van der Waals surface area (Å²) in [5.74, 6) is -0.892. The number of alkyl halides is 4. The Bertz CT molecular complexity index is 720. The molecule has 0 fully saturated rings. The highest BCUT2D eigenvalue weighted by molar-refractivity contribution is 6.68. The Balaban J connectivity index is 2.05. The van der Waals surface area contributed by atoms with Gasteiger partial charge in [0.15, 0.2) is 6.67 Å². The SMILES string of the molecule is O=C(CF)NC(Nc1ccc(N=Nc2ccccc2)cc1)C(Cl)(Cl)Cl. The number of azo groups is 1. The average molecular weight is 404 g/mol. The first-order chi connectivity index (χ1) is 11.9. The standard InChI is InChI=1S/C16H14Cl3FN4O/c17-16(18,19)15(22-14(25)10-20)21-11-6-8-13(9-7-11)24-23-12-4-2-1-3-5-12/h1-9,15,21H,10H2,(H,22,25). The third-order valence-corrected chi connectivity index (χ3v) is 3.62. The molecule has 0 aliphatic rings. The van der Waals surface area contributed by atoms with Crippen molar-refractivity contribution in [2.75, 3.05) is 12.0 Å². The van der Waals surface area contributed by atoms with Crippen molar-refractivity contribution < 1.29 is 9.18 Å². The number of amides is 1. The van der Waals surface area contributed by atoms with E-state index in [2.05, 4.69) is 20.9 Å². The Morgan fingerprint density at radius 2 is 1.56 bits per heavy atom. The maximum absolute atomic E-state index is 12.4. The molecule has 132 valence electrons. The maximum atomic E-state index is 12.4. The van der Waals surface area contributed by atoms with Gasteiger partial charge in [-0.15, -0.1) is 0 Å². The van der Waals surface area contributed by atoms with E-state index in [-0.39, 0.29) is 0 Å². The maximum Gasteiger partial charge on any atom is 0.253 e. The van der Waals surface area contributed by atoms with Crippen molar-refractivity contribution in [3.05, 3.63) is 54.6 Å². The van der Waals surface area contributed by atoms with Crippen LogP contribution in [0.15, 0.2) is 64.8 Å². The molecule has 0 aromatic heterocycles. The largest absolute Gasteiger partial charge is 0.362 e. The molecule has 2 N–H and O–H groups in total. The average Bonchev–Trinajstić information content (AvgIpc) is 2.60. The van der Waals surface area contributed by atoms with E-state index in [4.69, 9.17) is 34.8 Å². The first-order valence-electron chi connectivity index (χ1n) is 7.14. The summed E-state index contributed by atoms with van der Waals surface area (Å²) in [4.78, 5) is 11.2. The Labute approximate surface area is 159 Å². The minimum Gasteiger partial charge on any atom is -0.362 e. The molecule has 0 aliphatic heterocycles. The number of nitrogens with one attached hydrogen (secondary N) is 2. The van der Waals surface area contributed by atoms with E-state index in [0.29, 0.717) is 11.4 Å². The highest BCUT2D eigenvalue weighted by Crippen LogP contribution is 2.31. The fraction of sp³-hybridized carbons (Fsp3) is 0.188. The van der Waals surface area contributed by atoms with Gasteiger partial charge in [-0.25, -0.2) is 4.39 Å². The minimum absolute atomic E-state index is 0.550. The molecule has 25 heavy (non-hydrogen) atoms. The molecule has 0 bridgehead atoms. The minimum atomic E-state index is -1.86. The molecule has 0 saturated heterocycles. The number of rotatable bonds is 6. The molecule has 1 amide bonds. The summed E-state index contributed by atoms with van der Waals surface area (Å²) in [6.07, 6.45) is -1.10. The molecular formula is C16H14Cl3FN4O. The highest BCUT2D eigenvalue weighted by atomic mass is 35.6. The number of carbonyl (C=O) groups excluding carboxylic acids is 1. The molecule has 0 saturated carbocycles. The Hall–Kier alpha value is -1.89. The van der Waals surface area contributed by atoms with Gasteiger partial charge in [0.1, 0.15) is 6.17 Å². The summed E-state index contributed by atoms with van der Waals surface area (Å²) >= 11 is 17.4. The highest BCUT2D eigenvalue weighted by Gasteiger charge is 2.33. The van der Waals surface area contributed by atoms with Gasteiger partial charge in [-0.1, -0.05) is 53.0 Å². The van der Waals surface area contributed by atoms with Crippen LogP contribution in [-0.4, -0.2) is 22.5 Å². The summed E-state index contributed by atoms with van der Waals surface area (Å²) in [6, 6.07) is 16.0. The van der Waals surface area contributed by atoms with Gasteiger partial charge in [0, 0.05) is 5.69 Å². The molecule has 5 nitrogen and oxygen atoms in total. The Kier molecular flexibility index (Phi) is 6.99. The summed E-state index contributed by atoms with van der Waals surface area (Å²) in [5.41, 5.74) is 1.90. The van der Waals surface area contributed by atoms with Gasteiger partial charge in [0.25, 0.3) is 5.91 Å². The first kappa shape index (κ1) is 19.4. The van der Waals surface area contributed by atoms with E-state index in [0.717, 1.165) is 5.69 Å². The lowest BCUT2D eigenvalue weighted by Gasteiger charge is -2.27. The predicted molar refractivity (Wildman–Crippen MR) is 98.9 cm³/mol. The fourth-order valence-electron chi connectivity index (χ4n) is 1.80. The van der Waals surface area contributed by atoms with Crippen molar-refractivity contribution in [2.24, 2.45) is 10.2 Å². The monoisotopic (exact) mass is 402 g/mol. The van der Waals surface area contributed by atoms with Crippen molar-refractivity contribution in [3.63, 3.8) is 0 Å². The number of nitrogens with zero attached hydrogens (tertiary/aromatic N) is 2. The van der Waals surface area contributed by atoms with Crippen LogP contribution in [0, 0.1) is 0 Å². The summed E-state index contributed by atoms with van der Waals surface area (Å²) < 4.78 is 10.5. The van der Waals surface area contributed by atoms with Crippen LogP contribution in [0.2, 0.25) is 0 Å². The molecule has 0 spiro atoms. The predicted octanol–water partition coefficient (Wildman–Crippen LogP) is 5.30. The second kappa shape index (κ2) is 8.99. The molecule has 0 radical (unpaired) electrons. The quantitative estimate of drug-likeness (QED) is 0.391. The van der Waals surface area contributed by atoms with E-state index < -0.39 is 22.5 Å². The first-order valence-corrected chi connectivity index (χ1v) is 8.27. The van der Waals surface area contributed by atoms with Crippen LogP contribution in [0.4, 0.5) is 21.5 Å². The number of carbonyl (C=O) groups is 1. The Morgan fingerprint density at radius 3 is 2.08 bits per heavy atom. The second-order valence-corrected chi connectivity index (χ2v) is 7.27. The lowest BCUT2D eigenvalue weighted by Crippen LogP contribution is -2.49. The molecule has 2 rings (SSSR count). The lowest BCUT2D eigenvalue weighted by atomic mass is 10.3. The van der Waals surface area contributed by atoms with E-state index in [1.807, 2.05) is 30.3 Å². The number of benzene rings is 2. The molecule has 2 aromatic carbocycles. The molecule has 2 aromatic rings. The number of anilines is 1. The molecular weight excluding hydrogens is 390 g/mol. The zero-order chi connectivity index (χ0) is 18.3. The lowest BCUT2D eigenvalue weighted by molar-refractivity contribution is -0.122. The fourth-order valence-corrected chi connectivity index (χ4v) is 2.13. The summed E-state index contributed by atoms with van der Waals surface area (Å²) in [7, 11) is 0. The van der Waals surface area contributed by atoms with Crippen molar-refractivity contribution in [3.8, 4) is 0 Å². The number of halogens is 4. The van der Waals surface area contributed by atoms with Crippen LogP contribution in [0.1, 0.15) is 0 Å². The van der Waals surface area contributed by atoms with Gasteiger partial charge in [0.2, 0.25) is 3.79 Å². The zero-order valence-electron chi connectivity index (χ0n) is 12.8. The smallest absolute Gasteiger partial charge is 0.253 e. The molecule has 0 aliphatic carbocycles. The van der Waals surface area contributed by atoms with E-state index in [1.165, 1.54) is 0 Å². The van der Waals surface area contributed by atoms with Crippen LogP contribution in [0.3, 0.4) is 0 Å². The van der Waals surface area contributed by atoms with Gasteiger partial charge in [-0.2, -0.15) is 10.2 Å². The van der Waals surface area contributed by atoms with E-state index in [1.54, 1.807) is 24.3 Å². The zero-order valence-corrected chi connectivity index (χ0v) is 15.1. The van der Waals surface area contributed by atoms with Crippen molar-refractivity contribution in [1.29, 1.82) is 0 Å². The van der Waals surface area contributed by atoms with Crippen LogP contribution >= 0.6 is 34.8 Å². The normalized spacial score (nSPS) is 12.8. The van der Waals surface area contributed by atoms with Gasteiger partial charge < -0.3 is 10.6 Å². The number of hydrogen-bond acceptors (Lipinski definition) is 4. The molecule has 0 heterocycles. The third kappa shape index (κ3) is 6.49. The van der Waals surface area contributed by atoms with E-state index in [9.17, 15) is 9.18 Å². The van der Waals surface area contributed by atoms with Crippen LogP contribution in [0.25, 0.3) is 0 Å². The molecule has 1 atom stereocenters. The topological polar surface area (TPSA) is 65.8 Å². The summed E-state index contributed by atoms with van der Waals surface area (Å²) in [6.45, 7) is -1.21. The Morgan fingerprint density at radius 1 is 1.00 bits per heavy atom. The van der Waals surface area contributed by atoms with Gasteiger partial charge in [0.05, 0.1) is 11.4 Å². The van der Waals surface area contributed by atoms with Crippen LogP contribution in [-0.2, 0) is 4.79 Å². The van der Waals surface area contributed by atoms with Crippen molar-refractivity contribution in [2.45, 2.75) is 9.96 Å². The van der Waals surface area contributed by atoms with Gasteiger partial charge >= 0.3 is 0 Å². The van der Waals surface area contributed by atoms with Crippen molar-refractivity contribution >= 4 is 57.8 Å². The number of hydrogen-bond donors (Lipinski definition) is 2. The third-order valence-electron chi connectivity index (χ3n) is 2.97. The molecule has 1 unspecified atom stereocenters.